The summed E-state index contributed by atoms with van der Waals surface area (Å²) < 4.78 is 11.2. The van der Waals surface area contributed by atoms with Crippen molar-refractivity contribution < 1.29 is 14.3 Å². The minimum Gasteiger partial charge on any atom is -0.379 e. The van der Waals surface area contributed by atoms with Crippen molar-refractivity contribution in [2.75, 3.05) is 46.0 Å². The maximum Gasteiger partial charge on any atom is 0.251 e. The van der Waals surface area contributed by atoms with Crippen LogP contribution in [0, 0.1) is 0 Å². The molecule has 1 heterocycles. The molecule has 7 nitrogen and oxygen atoms in total. The second-order valence-electron chi connectivity index (χ2n) is 6.73. The van der Waals surface area contributed by atoms with Crippen molar-refractivity contribution in [1.29, 1.82) is 0 Å². The summed E-state index contributed by atoms with van der Waals surface area (Å²) >= 11 is 0. The van der Waals surface area contributed by atoms with Crippen LogP contribution >= 0.6 is 24.0 Å². The molecule has 1 amide bonds. The minimum atomic E-state index is -0.0439. The Morgan fingerprint density at radius 2 is 1.97 bits per heavy atom. The van der Waals surface area contributed by atoms with Gasteiger partial charge in [-0.2, -0.15) is 0 Å². The van der Waals surface area contributed by atoms with Crippen molar-refractivity contribution in [1.82, 2.24) is 16.0 Å². The molecule has 1 aromatic carbocycles. The van der Waals surface area contributed by atoms with E-state index >= 15 is 0 Å². The Balaban J connectivity index is 0.00000420. The first-order valence-corrected chi connectivity index (χ1v) is 10.3. The van der Waals surface area contributed by atoms with Gasteiger partial charge in [-0.05, 0) is 44.7 Å². The van der Waals surface area contributed by atoms with E-state index in [-0.39, 0.29) is 36.0 Å². The van der Waals surface area contributed by atoms with Crippen LogP contribution in [0.3, 0.4) is 0 Å². The number of benzene rings is 1. The first-order chi connectivity index (χ1) is 13.8. The highest BCUT2D eigenvalue weighted by molar-refractivity contribution is 14.0. The molecular formula is C21H35IN4O3. The van der Waals surface area contributed by atoms with Crippen LogP contribution < -0.4 is 16.0 Å². The second kappa shape index (κ2) is 16.4. The van der Waals surface area contributed by atoms with Crippen molar-refractivity contribution in [3.05, 3.63) is 35.9 Å². The van der Waals surface area contributed by atoms with Gasteiger partial charge >= 0.3 is 0 Å². The average Bonchev–Trinajstić information content (AvgIpc) is 3.24. The molecule has 0 radical (unpaired) electrons. The summed E-state index contributed by atoms with van der Waals surface area (Å²) in [6, 6.07) is 9.25. The summed E-state index contributed by atoms with van der Waals surface area (Å²) in [7, 11) is 0. The predicted octanol–water partition coefficient (Wildman–Crippen LogP) is 2.57. The number of nitrogens with one attached hydrogen (secondary N) is 3. The highest BCUT2D eigenvalue weighted by atomic mass is 127. The van der Waals surface area contributed by atoms with Crippen LogP contribution in [-0.4, -0.2) is 64.0 Å². The van der Waals surface area contributed by atoms with E-state index < -0.39 is 0 Å². The molecule has 0 aliphatic carbocycles. The summed E-state index contributed by atoms with van der Waals surface area (Å²) in [5.41, 5.74) is 0.683. The number of rotatable bonds is 12. The predicted molar refractivity (Wildman–Crippen MR) is 127 cm³/mol. The van der Waals surface area contributed by atoms with Crippen molar-refractivity contribution in [2.45, 2.75) is 38.7 Å². The van der Waals surface area contributed by atoms with Gasteiger partial charge in [0.1, 0.15) is 0 Å². The van der Waals surface area contributed by atoms with Crippen LogP contribution in [0.15, 0.2) is 35.3 Å². The monoisotopic (exact) mass is 518 g/mol. The van der Waals surface area contributed by atoms with Crippen LogP contribution in [0.2, 0.25) is 0 Å². The lowest BCUT2D eigenvalue weighted by Gasteiger charge is -2.12. The molecule has 0 saturated carbocycles. The van der Waals surface area contributed by atoms with Crippen LogP contribution in [0.5, 0.6) is 0 Å². The first-order valence-electron chi connectivity index (χ1n) is 10.3. The smallest absolute Gasteiger partial charge is 0.251 e. The van der Waals surface area contributed by atoms with Gasteiger partial charge < -0.3 is 25.4 Å². The third-order valence-electron chi connectivity index (χ3n) is 4.36. The number of carbonyl (C=O) groups is 1. The van der Waals surface area contributed by atoms with Crippen LogP contribution in [0.1, 0.15) is 43.0 Å². The summed E-state index contributed by atoms with van der Waals surface area (Å²) in [5, 5.41) is 9.47. The Labute approximate surface area is 191 Å². The normalized spacial score (nSPS) is 16.2. The number of aliphatic imine (C=N–C) groups is 1. The third kappa shape index (κ3) is 11.4. The zero-order valence-electron chi connectivity index (χ0n) is 17.3. The summed E-state index contributed by atoms with van der Waals surface area (Å²) in [6.07, 6.45) is 4.26. The number of ether oxygens (including phenoxy) is 2. The Bertz CT molecular complexity index is 581. The standard InChI is InChI=1S/C21H34N4O3.HI/c1-2-22-21(25-14-8-15-27-17-19-11-6-16-28-19)24-13-7-12-23-20(26)18-9-4-3-5-10-18;/h3-5,9-10,19H,2,6-8,11-17H2,1H3,(H,23,26)(H2,22,24,25);1H. The van der Waals surface area contributed by atoms with E-state index in [9.17, 15) is 4.79 Å². The summed E-state index contributed by atoms with van der Waals surface area (Å²) in [4.78, 5) is 16.5. The quantitative estimate of drug-likeness (QED) is 0.172. The molecule has 0 bridgehead atoms. The lowest BCUT2D eigenvalue weighted by Crippen LogP contribution is -2.38. The molecular weight excluding hydrogens is 483 g/mol. The number of hydrogen-bond acceptors (Lipinski definition) is 4. The van der Waals surface area contributed by atoms with Gasteiger partial charge in [-0.25, -0.2) is 0 Å². The average molecular weight is 518 g/mol. The molecule has 1 fully saturated rings. The SMILES string of the molecule is CCNC(=NCCCNC(=O)c1ccccc1)NCCCOCC1CCCO1.I. The summed E-state index contributed by atoms with van der Waals surface area (Å²) in [5.74, 6) is 0.758. The van der Waals surface area contributed by atoms with E-state index in [0.717, 1.165) is 57.9 Å². The fourth-order valence-corrected chi connectivity index (χ4v) is 2.88. The summed E-state index contributed by atoms with van der Waals surface area (Å²) in [6.45, 7) is 7.21. The molecule has 164 valence electrons. The van der Waals surface area contributed by atoms with Crippen LogP contribution in [-0.2, 0) is 9.47 Å². The van der Waals surface area contributed by atoms with E-state index in [4.69, 9.17) is 9.47 Å². The Morgan fingerprint density at radius 1 is 1.17 bits per heavy atom. The van der Waals surface area contributed by atoms with E-state index in [0.29, 0.717) is 25.3 Å². The number of halogens is 1. The number of amides is 1. The van der Waals surface area contributed by atoms with Gasteiger partial charge in [0.25, 0.3) is 5.91 Å². The van der Waals surface area contributed by atoms with E-state index in [2.05, 4.69) is 20.9 Å². The first kappa shape index (κ1) is 25.6. The maximum atomic E-state index is 12.0. The Morgan fingerprint density at radius 3 is 2.69 bits per heavy atom. The number of carbonyl (C=O) groups excluding carboxylic acids is 1. The fourth-order valence-electron chi connectivity index (χ4n) is 2.88. The van der Waals surface area contributed by atoms with Crippen molar-refractivity contribution in [3.8, 4) is 0 Å². The molecule has 1 atom stereocenters. The lowest BCUT2D eigenvalue weighted by molar-refractivity contribution is 0.0168. The molecule has 8 heteroatoms. The molecule has 3 N–H and O–H groups in total. The molecule has 1 aliphatic heterocycles. The molecule has 1 unspecified atom stereocenters. The molecule has 0 aromatic heterocycles. The van der Waals surface area contributed by atoms with Gasteiger partial charge in [0.15, 0.2) is 5.96 Å². The topological polar surface area (TPSA) is 84.0 Å². The highest BCUT2D eigenvalue weighted by Crippen LogP contribution is 2.11. The number of nitrogens with zero attached hydrogens (tertiary/aromatic N) is 1. The van der Waals surface area contributed by atoms with Gasteiger partial charge in [0, 0.05) is 45.0 Å². The molecule has 29 heavy (non-hydrogen) atoms. The van der Waals surface area contributed by atoms with Gasteiger partial charge in [-0.1, -0.05) is 18.2 Å². The molecule has 1 aromatic rings. The van der Waals surface area contributed by atoms with Gasteiger partial charge in [-0.3, -0.25) is 9.79 Å². The molecule has 2 rings (SSSR count). The zero-order valence-corrected chi connectivity index (χ0v) is 19.7. The molecule has 1 saturated heterocycles. The van der Waals surface area contributed by atoms with Crippen molar-refractivity contribution in [3.63, 3.8) is 0 Å². The molecule has 1 aliphatic rings. The highest BCUT2D eigenvalue weighted by Gasteiger charge is 2.14. The van der Waals surface area contributed by atoms with Crippen molar-refractivity contribution >= 4 is 35.8 Å². The lowest BCUT2D eigenvalue weighted by atomic mass is 10.2. The van der Waals surface area contributed by atoms with Gasteiger partial charge in [0.2, 0.25) is 0 Å². The molecule has 0 spiro atoms. The second-order valence-corrected chi connectivity index (χ2v) is 6.73. The largest absolute Gasteiger partial charge is 0.379 e. The van der Waals surface area contributed by atoms with Crippen LogP contribution in [0.4, 0.5) is 0 Å². The van der Waals surface area contributed by atoms with Gasteiger partial charge in [0.05, 0.1) is 12.7 Å². The van der Waals surface area contributed by atoms with Crippen LogP contribution in [0.25, 0.3) is 0 Å². The Kier molecular flexibility index (Phi) is 14.5. The maximum absolute atomic E-state index is 12.0. The zero-order chi connectivity index (χ0) is 19.9. The number of guanidine groups is 1. The van der Waals surface area contributed by atoms with E-state index in [1.165, 1.54) is 0 Å². The van der Waals surface area contributed by atoms with Crippen molar-refractivity contribution in [2.24, 2.45) is 4.99 Å². The van der Waals surface area contributed by atoms with E-state index in [1.807, 2.05) is 37.3 Å². The fraction of sp³-hybridized carbons (Fsp3) is 0.619. The van der Waals surface area contributed by atoms with E-state index in [1.54, 1.807) is 0 Å². The number of hydrogen-bond donors (Lipinski definition) is 3. The van der Waals surface area contributed by atoms with Gasteiger partial charge in [-0.15, -0.1) is 24.0 Å². The minimum absolute atomic E-state index is 0. The third-order valence-corrected chi connectivity index (χ3v) is 4.36. The Hall–Kier alpha value is -1.39.